The normalized spacial score (nSPS) is 30.9. The molecule has 2 aliphatic carbocycles. The summed E-state index contributed by atoms with van der Waals surface area (Å²) < 4.78 is 14.6. The van der Waals surface area contributed by atoms with Crippen molar-refractivity contribution in [1.82, 2.24) is 0 Å². The van der Waals surface area contributed by atoms with Gasteiger partial charge < -0.3 is 0 Å². The summed E-state index contributed by atoms with van der Waals surface area (Å²) in [6, 6.07) is 0.882. The molecule has 0 aromatic carbocycles. The first-order chi connectivity index (χ1) is 17.7. The number of fused-ring (bicyclic) bond motifs is 1. The monoisotopic (exact) mass is 541 g/mol. The van der Waals surface area contributed by atoms with E-state index in [2.05, 4.69) is 54.5 Å². The van der Waals surface area contributed by atoms with Crippen LogP contribution in [0.15, 0.2) is 23.3 Å². The molecule has 0 amide bonds. The van der Waals surface area contributed by atoms with Crippen molar-refractivity contribution in [3.63, 3.8) is 0 Å². The fourth-order valence-electron chi connectivity index (χ4n) is 7.54. The molecule has 5 atom stereocenters. The first kappa shape index (κ1) is 33.1. The number of allylic oxidation sites excluding steroid dienone is 4. The van der Waals surface area contributed by atoms with Gasteiger partial charge in [-0.2, -0.15) is 9.65 Å². The molecule has 2 aliphatic rings. The van der Waals surface area contributed by atoms with E-state index in [0.717, 1.165) is 37.7 Å². The third-order valence-corrected chi connectivity index (χ3v) is 11.6. The van der Waals surface area contributed by atoms with Gasteiger partial charge in [-0.1, -0.05) is 80.4 Å². The maximum absolute atomic E-state index is 14.6. The number of halogens is 1. The maximum Gasteiger partial charge on any atom is 0.307 e. The summed E-state index contributed by atoms with van der Waals surface area (Å²) in [6.45, 7) is 22.2. The van der Waals surface area contributed by atoms with Crippen molar-refractivity contribution < 1.29 is 18.8 Å². The van der Waals surface area contributed by atoms with Gasteiger partial charge in [-0.25, -0.2) is 0 Å². The number of carbonyl (C=O) groups is 3. The minimum atomic E-state index is -1.25. The highest BCUT2D eigenvalue weighted by Crippen LogP contribution is 2.67. The van der Waals surface area contributed by atoms with Gasteiger partial charge in [0.05, 0.1) is 11.0 Å². The zero-order chi connectivity index (χ0) is 30.2. The molecule has 39 heavy (non-hydrogen) atoms. The molecule has 218 valence electrons. The van der Waals surface area contributed by atoms with Crippen LogP contribution >= 0.6 is 0 Å². The van der Waals surface area contributed by atoms with E-state index in [1.807, 2.05) is 19.9 Å². The first-order valence-corrected chi connectivity index (χ1v) is 14.8. The predicted octanol–water partition coefficient (Wildman–Crippen LogP) is 8.90. The molecule has 0 unspecified atom stereocenters. The second-order valence-corrected chi connectivity index (χ2v) is 14.9. The van der Waals surface area contributed by atoms with Crippen molar-refractivity contribution in [1.29, 1.82) is 5.26 Å². The van der Waals surface area contributed by atoms with Gasteiger partial charge in [0.15, 0.2) is 11.6 Å². The fourth-order valence-corrected chi connectivity index (χ4v) is 7.54. The van der Waals surface area contributed by atoms with Crippen molar-refractivity contribution in [2.24, 2.45) is 38.4 Å². The molecule has 5 heteroatoms. The number of nitrogens with zero attached hydrogens (tertiary/aromatic N) is 1. The molecule has 0 heterocycles. The zero-order valence-corrected chi connectivity index (χ0v) is 26.4. The lowest BCUT2D eigenvalue weighted by Crippen LogP contribution is -2.56. The number of Topliss-reactive ketones (excluding diaryl/α,β-unsaturated/α-hetero) is 1. The van der Waals surface area contributed by atoms with E-state index in [0.29, 0.717) is 19.3 Å². The Morgan fingerprint density at radius 1 is 1.05 bits per heavy atom. The van der Waals surface area contributed by atoms with Gasteiger partial charge in [-0.05, 0) is 87.0 Å². The van der Waals surface area contributed by atoms with E-state index in [1.165, 1.54) is 0 Å². The minimum absolute atomic E-state index is 0.0388. The Hall–Kier alpha value is -2.09. The zero-order valence-electron chi connectivity index (χ0n) is 26.4. The van der Waals surface area contributed by atoms with Crippen molar-refractivity contribution in [3.8, 4) is 6.07 Å². The van der Waals surface area contributed by atoms with Crippen LogP contribution in [0.1, 0.15) is 128 Å². The Morgan fingerprint density at radius 3 is 2.08 bits per heavy atom. The van der Waals surface area contributed by atoms with Gasteiger partial charge in [-0.15, -0.1) is 0 Å². The highest BCUT2D eigenvalue weighted by atomic mass is 19.1. The summed E-state index contributed by atoms with van der Waals surface area (Å²) in [4.78, 5) is 38.3. The van der Waals surface area contributed by atoms with E-state index in [1.54, 1.807) is 19.9 Å². The predicted molar refractivity (Wildman–Crippen MR) is 155 cm³/mol. The molecular formula is C34H52FNO3. The quantitative estimate of drug-likeness (QED) is 0.193. The van der Waals surface area contributed by atoms with Crippen LogP contribution in [0.3, 0.4) is 0 Å². The summed E-state index contributed by atoms with van der Waals surface area (Å²) in [5, 5.41) is 9.86. The molecule has 0 bridgehead atoms. The fraction of sp³-hybridized carbons (Fsp3) is 0.765. The largest absolute Gasteiger partial charge is 0.307 e. The molecule has 0 aliphatic heterocycles. The number of hydrogen-bond acceptors (Lipinski definition) is 4. The van der Waals surface area contributed by atoms with E-state index in [9.17, 15) is 24.0 Å². The van der Waals surface area contributed by atoms with Gasteiger partial charge in [0.1, 0.15) is 6.07 Å². The number of ketones is 2. The molecule has 0 spiro atoms. The van der Waals surface area contributed by atoms with Gasteiger partial charge >= 0.3 is 6.04 Å². The summed E-state index contributed by atoms with van der Waals surface area (Å²) in [6.07, 6.45) is 9.18. The average molecular weight is 542 g/mol. The molecule has 0 aromatic rings. The molecule has 0 aromatic heterocycles. The van der Waals surface area contributed by atoms with Gasteiger partial charge in [0.25, 0.3) is 0 Å². The number of hydrogen-bond donors (Lipinski definition) is 0. The van der Waals surface area contributed by atoms with Crippen molar-refractivity contribution in [3.05, 3.63) is 23.3 Å². The molecule has 1 saturated carbocycles. The lowest BCUT2D eigenvalue weighted by atomic mass is 9.41. The SMILES string of the molecule is CCC(C)(C)CC[C@@](C)(CC[C@](C)(CC)[C@]1(C)CC[C@H]2C(C)(C)C(=O)C(C#N)=C[C@]2(C)/C1=C/C(C)=O)C(=O)F. The lowest BCUT2D eigenvalue weighted by Gasteiger charge is -2.62. The van der Waals surface area contributed by atoms with Crippen LogP contribution in [0.2, 0.25) is 0 Å². The van der Waals surface area contributed by atoms with Gasteiger partial charge in [0.2, 0.25) is 0 Å². The Kier molecular flexibility index (Phi) is 9.39. The number of carbonyl (C=O) groups excluding carboxylic acids is 3. The smallest absolute Gasteiger partial charge is 0.295 e. The minimum Gasteiger partial charge on any atom is -0.295 e. The molecular weight excluding hydrogens is 489 g/mol. The number of rotatable bonds is 11. The second kappa shape index (κ2) is 11.1. The Balaban J connectivity index is 2.62. The standard InChI is InChI=1S/C34H52FNO3/c1-12-29(4,5)16-17-31(8,28(35)39)18-19-32(9,13-2)34(11)15-14-25-30(6,7)27(38)24(22-36)21-33(25,10)26(34)20-23(3)37/h20-21,25H,12-19H2,1-11H3/b26-20-/t25-,31-,32-,33-,34+/m0/s1. The third-order valence-electron chi connectivity index (χ3n) is 11.6. The van der Waals surface area contributed by atoms with Crippen LogP contribution in [-0.2, 0) is 14.4 Å². The van der Waals surface area contributed by atoms with Crippen molar-refractivity contribution >= 4 is 17.6 Å². The van der Waals surface area contributed by atoms with Crippen molar-refractivity contribution in [2.45, 2.75) is 128 Å². The van der Waals surface area contributed by atoms with E-state index in [4.69, 9.17) is 0 Å². The third kappa shape index (κ3) is 5.86. The van der Waals surface area contributed by atoms with Crippen LogP contribution in [-0.4, -0.2) is 17.6 Å². The number of nitriles is 1. The van der Waals surface area contributed by atoms with E-state index < -0.39 is 27.7 Å². The van der Waals surface area contributed by atoms with E-state index in [-0.39, 0.29) is 33.9 Å². The van der Waals surface area contributed by atoms with E-state index >= 15 is 0 Å². The van der Waals surface area contributed by atoms with Crippen molar-refractivity contribution in [2.75, 3.05) is 0 Å². The van der Waals surface area contributed by atoms with Crippen LogP contribution < -0.4 is 0 Å². The molecule has 1 fully saturated rings. The Bertz CT molecular complexity index is 1110. The summed E-state index contributed by atoms with van der Waals surface area (Å²) >= 11 is 0. The first-order valence-electron chi connectivity index (χ1n) is 14.8. The summed E-state index contributed by atoms with van der Waals surface area (Å²) in [5.41, 5.74) is -2.08. The van der Waals surface area contributed by atoms with Gasteiger partial charge in [-0.3, -0.25) is 14.4 Å². The molecule has 0 radical (unpaired) electrons. The summed E-state index contributed by atoms with van der Waals surface area (Å²) in [7, 11) is 0. The maximum atomic E-state index is 14.6. The second-order valence-electron chi connectivity index (χ2n) is 14.9. The average Bonchev–Trinajstić information content (AvgIpc) is 2.85. The van der Waals surface area contributed by atoms with Crippen LogP contribution in [0, 0.1) is 49.7 Å². The molecule has 4 nitrogen and oxygen atoms in total. The van der Waals surface area contributed by atoms with Crippen LogP contribution in [0.5, 0.6) is 0 Å². The molecule has 2 rings (SSSR count). The lowest BCUT2D eigenvalue weighted by molar-refractivity contribution is -0.141. The highest BCUT2D eigenvalue weighted by molar-refractivity contribution is 6.04. The van der Waals surface area contributed by atoms with Crippen LogP contribution in [0.4, 0.5) is 4.39 Å². The Labute approximate surface area is 236 Å². The summed E-state index contributed by atoms with van der Waals surface area (Å²) in [5.74, 6) is -0.254. The Morgan fingerprint density at radius 2 is 1.62 bits per heavy atom. The topological polar surface area (TPSA) is 75.0 Å². The van der Waals surface area contributed by atoms with Crippen LogP contribution in [0.25, 0.3) is 0 Å². The van der Waals surface area contributed by atoms with Gasteiger partial charge in [0, 0.05) is 10.8 Å². The molecule has 0 saturated heterocycles. The highest BCUT2D eigenvalue weighted by Gasteiger charge is 2.61. The molecule has 0 N–H and O–H groups in total.